The summed E-state index contributed by atoms with van der Waals surface area (Å²) in [5, 5.41) is 6.67. The largest absolute Gasteiger partial charge is 0.356 e. The summed E-state index contributed by atoms with van der Waals surface area (Å²) < 4.78 is 2.09. The number of unbranched alkanes of at least 4 members (excludes halogenated alkanes) is 3. The van der Waals surface area contributed by atoms with Crippen molar-refractivity contribution >= 4 is 5.96 Å². The normalized spacial score (nSPS) is 11.6. The summed E-state index contributed by atoms with van der Waals surface area (Å²) in [6, 6.07) is 0. The van der Waals surface area contributed by atoms with Gasteiger partial charge in [0.2, 0.25) is 0 Å². The smallest absolute Gasteiger partial charge is 0.190 e. The van der Waals surface area contributed by atoms with Crippen LogP contribution < -0.4 is 10.6 Å². The fourth-order valence-electron chi connectivity index (χ4n) is 1.87. The Morgan fingerprint density at radius 2 is 1.95 bits per heavy atom. The Kier molecular flexibility index (Phi) is 8.51. The molecule has 0 unspecified atom stereocenters. The maximum atomic E-state index is 4.22. The van der Waals surface area contributed by atoms with Crippen LogP contribution in [0.4, 0.5) is 0 Å². The van der Waals surface area contributed by atoms with Gasteiger partial charge in [0.15, 0.2) is 5.96 Å². The zero-order valence-electron chi connectivity index (χ0n) is 12.2. The molecule has 0 atom stereocenters. The van der Waals surface area contributed by atoms with E-state index in [9.17, 15) is 0 Å². The van der Waals surface area contributed by atoms with Crippen LogP contribution in [0.1, 0.15) is 39.0 Å². The predicted molar refractivity (Wildman–Crippen MR) is 80.4 cm³/mol. The van der Waals surface area contributed by atoms with Crippen LogP contribution >= 0.6 is 0 Å². The fraction of sp³-hybridized carbons (Fsp3) is 0.714. The van der Waals surface area contributed by atoms with Crippen LogP contribution in [0.2, 0.25) is 0 Å². The summed E-state index contributed by atoms with van der Waals surface area (Å²) in [5.74, 6) is 0.905. The van der Waals surface area contributed by atoms with Gasteiger partial charge in [0, 0.05) is 39.1 Å². The van der Waals surface area contributed by atoms with Gasteiger partial charge < -0.3 is 15.2 Å². The summed E-state index contributed by atoms with van der Waals surface area (Å²) in [6.07, 6.45) is 11.8. The Morgan fingerprint density at radius 3 is 2.58 bits per heavy atom. The minimum absolute atomic E-state index is 0.905. The molecule has 1 rings (SSSR count). The van der Waals surface area contributed by atoms with E-state index in [4.69, 9.17) is 0 Å². The molecule has 0 amide bonds. The van der Waals surface area contributed by atoms with E-state index in [2.05, 4.69) is 32.1 Å². The monoisotopic (exact) mass is 265 g/mol. The van der Waals surface area contributed by atoms with Crippen molar-refractivity contribution in [2.45, 2.75) is 45.6 Å². The molecular weight excluding hydrogens is 238 g/mol. The van der Waals surface area contributed by atoms with Crippen molar-refractivity contribution in [3.8, 4) is 0 Å². The molecule has 5 nitrogen and oxygen atoms in total. The van der Waals surface area contributed by atoms with Crippen molar-refractivity contribution in [2.75, 3.05) is 20.1 Å². The molecule has 0 aliphatic carbocycles. The van der Waals surface area contributed by atoms with Gasteiger partial charge in [-0.1, -0.05) is 26.2 Å². The standard InChI is InChI=1S/C14H27N5/c1-3-4-5-6-8-17-14(15-2)18-9-7-11-19-12-10-16-13-19/h10,12-13H,3-9,11H2,1-2H3,(H2,15,17,18). The van der Waals surface area contributed by atoms with Crippen LogP contribution in [-0.4, -0.2) is 35.6 Å². The number of nitrogens with one attached hydrogen (secondary N) is 2. The van der Waals surface area contributed by atoms with Gasteiger partial charge in [-0.05, 0) is 12.8 Å². The van der Waals surface area contributed by atoms with Crippen molar-refractivity contribution < 1.29 is 0 Å². The van der Waals surface area contributed by atoms with E-state index < -0.39 is 0 Å². The van der Waals surface area contributed by atoms with E-state index >= 15 is 0 Å². The van der Waals surface area contributed by atoms with Crippen molar-refractivity contribution in [1.82, 2.24) is 20.2 Å². The Balaban J connectivity index is 2.02. The lowest BCUT2D eigenvalue weighted by Crippen LogP contribution is -2.38. The molecule has 0 aliphatic heterocycles. The Morgan fingerprint density at radius 1 is 1.16 bits per heavy atom. The van der Waals surface area contributed by atoms with Gasteiger partial charge in [0.05, 0.1) is 6.33 Å². The van der Waals surface area contributed by atoms with Crippen molar-refractivity contribution in [3.63, 3.8) is 0 Å². The molecule has 1 aromatic rings. The molecule has 0 aliphatic rings. The Bertz CT molecular complexity index is 332. The first-order valence-electron chi connectivity index (χ1n) is 7.27. The van der Waals surface area contributed by atoms with Crippen LogP contribution in [-0.2, 0) is 6.54 Å². The molecule has 0 spiro atoms. The van der Waals surface area contributed by atoms with Gasteiger partial charge in [-0.25, -0.2) is 4.98 Å². The Labute approximate surface area is 116 Å². The molecule has 0 saturated heterocycles. The SMILES string of the molecule is CCCCCCNC(=NC)NCCCn1ccnc1. The summed E-state index contributed by atoms with van der Waals surface area (Å²) in [4.78, 5) is 8.24. The number of guanidine groups is 1. The number of aliphatic imine (C=N–C) groups is 1. The van der Waals surface area contributed by atoms with E-state index in [-0.39, 0.29) is 0 Å². The summed E-state index contributed by atoms with van der Waals surface area (Å²) >= 11 is 0. The molecule has 1 aromatic heterocycles. The first-order valence-corrected chi connectivity index (χ1v) is 7.27. The van der Waals surface area contributed by atoms with Crippen molar-refractivity contribution in [1.29, 1.82) is 0 Å². The predicted octanol–water partition coefficient (Wildman–Crippen LogP) is 2.02. The maximum Gasteiger partial charge on any atom is 0.190 e. The van der Waals surface area contributed by atoms with E-state index in [1.165, 1.54) is 25.7 Å². The van der Waals surface area contributed by atoms with Crippen LogP contribution in [0.15, 0.2) is 23.7 Å². The minimum atomic E-state index is 0.905. The second-order valence-electron chi connectivity index (χ2n) is 4.64. The highest BCUT2D eigenvalue weighted by molar-refractivity contribution is 5.79. The van der Waals surface area contributed by atoms with Gasteiger partial charge in [0.25, 0.3) is 0 Å². The number of hydrogen-bond acceptors (Lipinski definition) is 2. The first kappa shape index (κ1) is 15.5. The van der Waals surface area contributed by atoms with E-state index in [0.29, 0.717) is 0 Å². The van der Waals surface area contributed by atoms with Crippen LogP contribution in [0.3, 0.4) is 0 Å². The highest BCUT2D eigenvalue weighted by Gasteiger charge is 1.96. The third-order valence-electron chi connectivity index (χ3n) is 2.99. The first-order chi connectivity index (χ1) is 9.36. The van der Waals surface area contributed by atoms with Gasteiger partial charge in [-0.3, -0.25) is 4.99 Å². The van der Waals surface area contributed by atoms with Crippen LogP contribution in [0.5, 0.6) is 0 Å². The number of rotatable bonds is 9. The average Bonchev–Trinajstić information content (AvgIpc) is 2.94. The van der Waals surface area contributed by atoms with Crippen LogP contribution in [0.25, 0.3) is 0 Å². The Hall–Kier alpha value is -1.52. The molecule has 1 heterocycles. The van der Waals surface area contributed by atoms with Crippen molar-refractivity contribution in [3.05, 3.63) is 18.7 Å². The lowest BCUT2D eigenvalue weighted by Gasteiger charge is -2.11. The number of hydrogen-bond donors (Lipinski definition) is 2. The second-order valence-corrected chi connectivity index (χ2v) is 4.64. The van der Waals surface area contributed by atoms with E-state index in [0.717, 1.165) is 32.0 Å². The number of nitrogens with zero attached hydrogens (tertiary/aromatic N) is 3. The lowest BCUT2D eigenvalue weighted by atomic mass is 10.2. The zero-order chi connectivity index (χ0) is 13.8. The van der Waals surface area contributed by atoms with Crippen molar-refractivity contribution in [2.24, 2.45) is 4.99 Å². The quantitative estimate of drug-likeness (QED) is 0.408. The number of aryl methyl sites for hydroxylation is 1. The summed E-state index contributed by atoms with van der Waals surface area (Å²) in [6.45, 7) is 5.14. The maximum absolute atomic E-state index is 4.22. The highest BCUT2D eigenvalue weighted by atomic mass is 15.2. The lowest BCUT2D eigenvalue weighted by molar-refractivity contribution is 0.617. The molecule has 5 heteroatoms. The van der Waals surface area contributed by atoms with Gasteiger partial charge >= 0.3 is 0 Å². The molecule has 19 heavy (non-hydrogen) atoms. The van der Waals surface area contributed by atoms with Gasteiger partial charge in [-0.2, -0.15) is 0 Å². The summed E-state index contributed by atoms with van der Waals surface area (Å²) in [5.41, 5.74) is 0. The number of aromatic nitrogens is 2. The van der Waals surface area contributed by atoms with E-state index in [1.807, 2.05) is 25.8 Å². The third-order valence-corrected chi connectivity index (χ3v) is 2.99. The molecule has 0 aromatic carbocycles. The van der Waals surface area contributed by atoms with E-state index in [1.54, 1.807) is 0 Å². The summed E-state index contributed by atoms with van der Waals surface area (Å²) in [7, 11) is 1.82. The molecule has 0 bridgehead atoms. The molecule has 0 fully saturated rings. The second kappa shape index (κ2) is 10.4. The fourth-order valence-corrected chi connectivity index (χ4v) is 1.87. The molecular formula is C14H27N5. The highest BCUT2D eigenvalue weighted by Crippen LogP contribution is 1.96. The van der Waals surface area contributed by atoms with Crippen LogP contribution in [0, 0.1) is 0 Å². The third kappa shape index (κ3) is 7.49. The topological polar surface area (TPSA) is 54.2 Å². The molecule has 2 N–H and O–H groups in total. The number of imidazole rings is 1. The van der Waals surface area contributed by atoms with Gasteiger partial charge in [0.1, 0.15) is 0 Å². The molecule has 108 valence electrons. The average molecular weight is 265 g/mol. The van der Waals surface area contributed by atoms with Gasteiger partial charge in [-0.15, -0.1) is 0 Å². The molecule has 0 saturated carbocycles. The zero-order valence-corrected chi connectivity index (χ0v) is 12.2. The molecule has 0 radical (unpaired) electrons. The minimum Gasteiger partial charge on any atom is -0.356 e.